The summed E-state index contributed by atoms with van der Waals surface area (Å²) in [5.41, 5.74) is 1.13. The minimum Gasteiger partial charge on any atom is -0.452 e. The number of nitrogens with one attached hydrogen (secondary N) is 2. The molecule has 0 saturated carbocycles. The van der Waals surface area contributed by atoms with E-state index in [1.165, 1.54) is 47.7 Å². The van der Waals surface area contributed by atoms with Crippen molar-refractivity contribution >= 4 is 52.3 Å². The molecule has 1 heterocycles. The van der Waals surface area contributed by atoms with Crippen molar-refractivity contribution in [2.75, 3.05) is 17.2 Å². The van der Waals surface area contributed by atoms with Gasteiger partial charge in [-0.15, -0.1) is 11.3 Å². The van der Waals surface area contributed by atoms with Crippen LogP contribution >= 0.6 is 23.1 Å². The third kappa shape index (κ3) is 6.90. The Morgan fingerprint density at radius 3 is 2.19 bits per heavy atom. The molecule has 2 N–H and O–H groups in total. The topological polar surface area (TPSA) is 84.5 Å². The molecule has 6 nitrogen and oxygen atoms in total. The van der Waals surface area contributed by atoms with Crippen LogP contribution in [0.1, 0.15) is 20.0 Å². The Hall–Kier alpha value is -3.24. The van der Waals surface area contributed by atoms with Crippen molar-refractivity contribution in [1.29, 1.82) is 0 Å². The number of thioether (sulfide) groups is 1. The van der Waals surface area contributed by atoms with Crippen LogP contribution in [-0.4, -0.2) is 30.1 Å². The maximum atomic E-state index is 12.3. The zero-order valence-corrected chi connectivity index (χ0v) is 17.5. The maximum Gasteiger partial charge on any atom is 0.338 e. The lowest BCUT2D eigenvalue weighted by Crippen LogP contribution is -2.20. The van der Waals surface area contributed by atoms with E-state index in [2.05, 4.69) is 10.6 Å². The highest BCUT2D eigenvalue weighted by Crippen LogP contribution is 2.26. The number of hydrogen-bond donors (Lipinski definition) is 2. The lowest BCUT2D eigenvalue weighted by Gasteiger charge is -2.08. The normalized spacial score (nSPS) is 10.5. The Bertz CT molecular complexity index is 1040. The molecule has 0 unspecified atom stereocenters. The third-order valence-electron chi connectivity index (χ3n) is 3.82. The molecule has 0 saturated heterocycles. The van der Waals surface area contributed by atoms with Gasteiger partial charge in [-0.3, -0.25) is 9.59 Å². The van der Waals surface area contributed by atoms with Crippen LogP contribution in [0.4, 0.5) is 20.2 Å². The average Bonchev–Trinajstić information content (AvgIpc) is 3.29. The molecule has 0 aliphatic heterocycles. The summed E-state index contributed by atoms with van der Waals surface area (Å²) in [6.45, 7) is -0.511. The summed E-state index contributed by atoms with van der Waals surface area (Å²) in [7, 11) is 0. The molecule has 0 radical (unpaired) electrons. The minimum absolute atomic E-state index is 0.218. The van der Waals surface area contributed by atoms with Gasteiger partial charge in [0.05, 0.1) is 10.4 Å². The summed E-state index contributed by atoms with van der Waals surface area (Å²) in [5.74, 6) is -4.04. The number of carbonyl (C=O) groups is 3. The lowest BCUT2D eigenvalue weighted by molar-refractivity contribution is -0.119. The van der Waals surface area contributed by atoms with Gasteiger partial charge in [0.25, 0.3) is 17.6 Å². The molecule has 3 rings (SSSR count). The summed E-state index contributed by atoms with van der Waals surface area (Å²) < 4.78 is 29.6. The van der Waals surface area contributed by atoms with Crippen LogP contribution in [0.5, 0.6) is 0 Å². The summed E-state index contributed by atoms with van der Waals surface area (Å²) in [4.78, 5) is 37.0. The number of alkyl halides is 2. The van der Waals surface area contributed by atoms with E-state index in [4.69, 9.17) is 4.74 Å². The first-order chi connectivity index (χ1) is 14.9. The van der Waals surface area contributed by atoms with Crippen LogP contribution in [0, 0.1) is 0 Å². The zero-order chi connectivity index (χ0) is 22.2. The van der Waals surface area contributed by atoms with E-state index >= 15 is 0 Å². The molecule has 160 valence electrons. The van der Waals surface area contributed by atoms with E-state index in [1.807, 2.05) is 0 Å². The molecule has 0 atom stereocenters. The predicted molar refractivity (Wildman–Crippen MR) is 116 cm³/mol. The molecule has 31 heavy (non-hydrogen) atoms. The molecule has 2 aromatic carbocycles. The Labute approximate surface area is 184 Å². The number of esters is 1. The largest absolute Gasteiger partial charge is 0.452 e. The van der Waals surface area contributed by atoms with Gasteiger partial charge in [0.1, 0.15) is 0 Å². The van der Waals surface area contributed by atoms with Crippen LogP contribution in [-0.2, 0) is 9.53 Å². The number of thiophene rings is 1. The van der Waals surface area contributed by atoms with Crippen molar-refractivity contribution in [1.82, 2.24) is 0 Å². The number of halogens is 2. The third-order valence-corrected chi connectivity index (χ3v) is 5.41. The van der Waals surface area contributed by atoms with Crippen molar-refractivity contribution < 1.29 is 27.9 Å². The number of amides is 2. The smallest absolute Gasteiger partial charge is 0.338 e. The van der Waals surface area contributed by atoms with E-state index in [9.17, 15) is 23.2 Å². The van der Waals surface area contributed by atoms with E-state index in [-0.39, 0.29) is 11.5 Å². The number of rotatable bonds is 8. The lowest BCUT2D eigenvalue weighted by atomic mass is 10.2. The molecular formula is C21H16F2N2O4S2. The number of anilines is 2. The molecule has 10 heteroatoms. The highest BCUT2D eigenvalue weighted by Gasteiger charge is 2.12. The van der Waals surface area contributed by atoms with Gasteiger partial charge in [-0.1, -0.05) is 17.8 Å². The van der Waals surface area contributed by atoms with E-state index in [0.717, 1.165) is 0 Å². The number of ether oxygens (including phenoxy) is 1. The molecule has 1 aromatic heterocycles. The first kappa shape index (κ1) is 22.4. The summed E-state index contributed by atoms with van der Waals surface area (Å²) >= 11 is 1.72. The van der Waals surface area contributed by atoms with Crippen LogP contribution in [0.2, 0.25) is 0 Å². The fourth-order valence-corrected chi connectivity index (χ4v) is 3.54. The maximum absolute atomic E-state index is 12.3. The number of hydrogen-bond acceptors (Lipinski definition) is 6. The summed E-state index contributed by atoms with van der Waals surface area (Å²) in [5, 5.41) is 7.03. The first-order valence-corrected chi connectivity index (χ1v) is 10.6. The van der Waals surface area contributed by atoms with E-state index in [0.29, 0.717) is 32.9 Å². The van der Waals surface area contributed by atoms with Crippen LogP contribution in [0.15, 0.2) is 70.9 Å². The first-order valence-electron chi connectivity index (χ1n) is 8.87. The monoisotopic (exact) mass is 462 g/mol. The van der Waals surface area contributed by atoms with Gasteiger partial charge < -0.3 is 15.4 Å². The van der Waals surface area contributed by atoms with Crippen molar-refractivity contribution in [2.45, 2.75) is 10.7 Å². The highest BCUT2D eigenvalue weighted by molar-refractivity contribution is 7.99. The molecule has 0 aliphatic carbocycles. The summed E-state index contributed by atoms with van der Waals surface area (Å²) in [6, 6.07) is 15.4. The van der Waals surface area contributed by atoms with Gasteiger partial charge in [-0.25, -0.2) is 4.79 Å². The molecule has 0 spiro atoms. The highest BCUT2D eigenvalue weighted by atomic mass is 32.2. The zero-order valence-electron chi connectivity index (χ0n) is 15.8. The molecule has 0 fully saturated rings. The molecule has 3 aromatic rings. The van der Waals surface area contributed by atoms with Gasteiger partial charge in [0, 0.05) is 16.3 Å². The average molecular weight is 462 g/mol. The van der Waals surface area contributed by atoms with E-state index in [1.54, 1.807) is 29.6 Å². The Morgan fingerprint density at radius 2 is 1.58 bits per heavy atom. The van der Waals surface area contributed by atoms with Crippen LogP contribution in [0.25, 0.3) is 0 Å². The Kier molecular flexibility index (Phi) is 7.74. The predicted octanol–water partition coefficient (Wildman–Crippen LogP) is 5.11. The van der Waals surface area contributed by atoms with E-state index < -0.39 is 24.2 Å². The minimum atomic E-state index is -2.52. The van der Waals surface area contributed by atoms with Crippen molar-refractivity contribution in [3.05, 3.63) is 76.5 Å². The van der Waals surface area contributed by atoms with Crippen molar-refractivity contribution in [2.24, 2.45) is 0 Å². The SMILES string of the molecule is O=C(COC(=O)c1ccc(NC(=O)c2cccs2)cc1)Nc1ccc(SC(F)F)cc1. The van der Waals surface area contributed by atoms with Gasteiger partial charge in [0.15, 0.2) is 6.61 Å². The standard InChI is InChI=1S/C21H16F2N2O4S2/c22-21(23)31-16-9-7-14(8-10-16)24-18(26)12-29-20(28)13-3-5-15(6-4-13)25-19(27)17-2-1-11-30-17/h1-11,21H,12H2,(H,24,26)(H,25,27). The fourth-order valence-electron chi connectivity index (χ4n) is 2.42. The van der Waals surface area contributed by atoms with Gasteiger partial charge in [-0.2, -0.15) is 8.78 Å². The van der Waals surface area contributed by atoms with Crippen LogP contribution in [0.3, 0.4) is 0 Å². The molecule has 0 bridgehead atoms. The van der Waals surface area contributed by atoms with Crippen molar-refractivity contribution in [3.63, 3.8) is 0 Å². The van der Waals surface area contributed by atoms with Gasteiger partial charge >= 0.3 is 5.97 Å². The molecule has 2 amide bonds. The quantitative estimate of drug-likeness (QED) is 0.359. The second-order valence-electron chi connectivity index (χ2n) is 6.04. The van der Waals surface area contributed by atoms with Gasteiger partial charge in [-0.05, 0) is 60.0 Å². The summed E-state index contributed by atoms with van der Waals surface area (Å²) in [6.07, 6.45) is 0. The Balaban J connectivity index is 1.46. The van der Waals surface area contributed by atoms with Gasteiger partial charge in [0.2, 0.25) is 0 Å². The van der Waals surface area contributed by atoms with Crippen molar-refractivity contribution in [3.8, 4) is 0 Å². The molecule has 0 aliphatic rings. The number of benzene rings is 2. The molecular weight excluding hydrogens is 446 g/mol. The fraction of sp³-hybridized carbons (Fsp3) is 0.0952. The Morgan fingerprint density at radius 1 is 0.935 bits per heavy atom. The van der Waals surface area contributed by atoms with Crippen LogP contribution < -0.4 is 10.6 Å². The second kappa shape index (κ2) is 10.7. The second-order valence-corrected chi connectivity index (χ2v) is 8.05. The number of carbonyl (C=O) groups excluding carboxylic acids is 3.